The number of nitrogens with zero attached hydrogens (tertiary/aromatic N) is 3. The van der Waals surface area contributed by atoms with Crippen LogP contribution in [-0.2, 0) is 6.18 Å². The van der Waals surface area contributed by atoms with Crippen LogP contribution in [0, 0.1) is 10.7 Å². The molecule has 0 spiro atoms. The van der Waals surface area contributed by atoms with Crippen molar-refractivity contribution in [2.75, 3.05) is 0 Å². The van der Waals surface area contributed by atoms with Crippen LogP contribution in [0.15, 0.2) is 53.7 Å². The molecule has 1 aromatic carbocycles. The maximum atomic E-state index is 12.8. The van der Waals surface area contributed by atoms with Gasteiger partial charge in [0.2, 0.25) is 0 Å². The summed E-state index contributed by atoms with van der Waals surface area (Å²) < 4.78 is 39.9. The van der Waals surface area contributed by atoms with Gasteiger partial charge in [-0.25, -0.2) is 4.98 Å². The van der Waals surface area contributed by atoms with Crippen molar-refractivity contribution < 1.29 is 13.2 Å². The summed E-state index contributed by atoms with van der Waals surface area (Å²) in [5.74, 6) is 0. The van der Waals surface area contributed by atoms with Crippen molar-refractivity contribution in [2.24, 2.45) is 0 Å². The highest BCUT2D eigenvalue weighted by Crippen LogP contribution is 2.34. The lowest BCUT2D eigenvalue weighted by molar-refractivity contribution is -0.137. The number of thiocyanates is 1. The second kappa shape index (κ2) is 5.39. The zero-order valence-corrected chi connectivity index (χ0v) is 11.8. The quantitative estimate of drug-likeness (QED) is 0.512. The Labute approximate surface area is 128 Å². The maximum absolute atomic E-state index is 12.8. The summed E-state index contributed by atoms with van der Waals surface area (Å²) in [5.41, 5.74) is 0.633. The molecule has 0 unspecified atom stereocenters. The molecule has 0 fully saturated rings. The first kappa shape index (κ1) is 14.5. The highest BCUT2D eigenvalue weighted by Gasteiger charge is 2.31. The SMILES string of the molecule is N#CSc1c(-c2ccccc2)nc2cc(C(F)(F)F)ccn12. The zero-order chi connectivity index (χ0) is 15.7. The fourth-order valence-corrected chi connectivity index (χ4v) is 2.72. The first-order valence-electron chi connectivity index (χ1n) is 6.21. The molecule has 0 N–H and O–H groups in total. The molecule has 0 radical (unpaired) electrons. The third-order valence-electron chi connectivity index (χ3n) is 3.10. The zero-order valence-electron chi connectivity index (χ0n) is 11.0. The molecule has 2 heterocycles. The summed E-state index contributed by atoms with van der Waals surface area (Å²) in [6.45, 7) is 0. The number of halogens is 3. The maximum Gasteiger partial charge on any atom is 0.416 e. The van der Waals surface area contributed by atoms with Crippen LogP contribution in [0.25, 0.3) is 16.9 Å². The fourth-order valence-electron chi connectivity index (χ4n) is 2.12. The fraction of sp³-hybridized carbons (Fsp3) is 0.0667. The standard InChI is InChI=1S/C15H8F3N3S/c16-15(17,18)11-6-7-21-12(8-11)20-13(14(21)22-9-19)10-4-2-1-3-5-10/h1-8H. The average molecular weight is 319 g/mol. The lowest BCUT2D eigenvalue weighted by Gasteiger charge is -2.06. The van der Waals surface area contributed by atoms with Crippen molar-refractivity contribution in [3.63, 3.8) is 0 Å². The van der Waals surface area contributed by atoms with Gasteiger partial charge in [-0.3, -0.25) is 4.40 Å². The largest absolute Gasteiger partial charge is 0.416 e. The second-order valence-electron chi connectivity index (χ2n) is 4.47. The van der Waals surface area contributed by atoms with Crippen molar-refractivity contribution in [1.29, 1.82) is 5.26 Å². The molecule has 0 amide bonds. The molecule has 110 valence electrons. The van der Waals surface area contributed by atoms with Gasteiger partial charge in [0, 0.05) is 23.5 Å². The second-order valence-corrected chi connectivity index (χ2v) is 5.24. The summed E-state index contributed by atoms with van der Waals surface area (Å²) in [4.78, 5) is 4.27. The number of benzene rings is 1. The van der Waals surface area contributed by atoms with E-state index in [1.54, 1.807) is 24.3 Å². The predicted octanol–water partition coefficient (Wildman–Crippen LogP) is 4.59. The van der Waals surface area contributed by atoms with Gasteiger partial charge in [-0.05, 0) is 12.1 Å². The number of rotatable bonds is 2. The van der Waals surface area contributed by atoms with E-state index in [0.29, 0.717) is 10.7 Å². The summed E-state index contributed by atoms with van der Waals surface area (Å²) in [5, 5.41) is 11.4. The predicted molar refractivity (Wildman–Crippen MR) is 77.1 cm³/mol. The number of imidazole rings is 1. The van der Waals surface area contributed by atoms with E-state index in [1.165, 1.54) is 10.6 Å². The van der Waals surface area contributed by atoms with Crippen LogP contribution in [-0.4, -0.2) is 9.38 Å². The van der Waals surface area contributed by atoms with E-state index in [2.05, 4.69) is 4.98 Å². The first-order valence-corrected chi connectivity index (χ1v) is 7.03. The lowest BCUT2D eigenvalue weighted by atomic mass is 10.2. The van der Waals surface area contributed by atoms with Crippen LogP contribution >= 0.6 is 11.8 Å². The van der Waals surface area contributed by atoms with Crippen molar-refractivity contribution in [3.05, 3.63) is 54.2 Å². The number of pyridine rings is 1. The minimum Gasteiger partial charge on any atom is -0.293 e. The molecule has 0 aliphatic rings. The van der Waals surface area contributed by atoms with Crippen LogP contribution in [0.4, 0.5) is 13.2 Å². The number of thioether (sulfide) groups is 1. The van der Waals surface area contributed by atoms with Crippen LogP contribution in [0.5, 0.6) is 0 Å². The summed E-state index contributed by atoms with van der Waals surface area (Å²) in [6.07, 6.45) is -3.14. The average Bonchev–Trinajstić information content (AvgIpc) is 2.86. The number of hydrogen-bond donors (Lipinski definition) is 0. The van der Waals surface area contributed by atoms with Gasteiger partial charge < -0.3 is 0 Å². The van der Waals surface area contributed by atoms with E-state index >= 15 is 0 Å². The number of alkyl halides is 3. The molecule has 0 saturated heterocycles. The summed E-state index contributed by atoms with van der Waals surface area (Å²) in [7, 11) is 0. The Bertz CT molecular complexity index is 863. The van der Waals surface area contributed by atoms with Gasteiger partial charge in [0.15, 0.2) is 0 Å². The highest BCUT2D eigenvalue weighted by molar-refractivity contribution is 8.03. The molecule has 0 atom stereocenters. The van der Waals surface area contributed by atoms with Gasteiger partial charge in [0.25, 0.3) is 0 Å². The molecule has 0 aliphatic carbocycles. The van der Waals surface area contributed by atoms with Crippen molar-refractivity contribution >= 4 is 17.4 Å². The van der Waals surface area contributed by atoms with Crippen LogP contribution < -0.4 is 0 Å². The number of fused-ring (bicyclic) bond motifs is 1. The summed E-state index contributed by atoms with van der Waals surface area (Å²) >= 11 is 0.871. The Balaban J connectivity index is 2.24. The normalized spacial score (nSPS) is 11.5. The van der Waals surface area contributed by atoms with Gasteiger partial charge in [-0.15, -0.1) is 0 Å². The third-order valence-corrected chi connectivity index (χ3v) is 3.77. The number of hydrogen-bond acceptors (Lipinski definition) is 3. The van der Waals surface area contributed by atoms with Crippen molar-refractivity contribution in [3.8, 4) is 16.7 Å². The Hall–Kier alpha value is -2.46. The molecule has 0 aliphatic heterocycles. The van der Waals surface area contributed by atoms with Crippen LogP contribution in [0.1, 0.15) is 5.56 Å². The molecule has 3 rings (SSSR count). The van der Waals surface area contributed by atoms with E-state index in [9.17, 15) is 13.2 Å². The molecule has 3 nitrogen and oxygen atoms in total. The highest BCUT2D eigenvalue weighted by atomic mass is 32.2. The first-order chi connectivity index (χ1) is 10.5. The van der Waals surface area contributed by atoms with Gasteiger partial charge in [0.1, 0.15) is 21.8 Å². The molecule has 0 bridgehead atoms. The third kappa shape index (κ3) is 2.53. The molecule has 7 heteroatoms. The minimum absolute atomic E-state index is 0.159. The Kier molecular flexibility index (Phi) is 3.54. The van der Waals surface area contributed by atoms with E-state index in [-0.39, 0.29) is 5.65 Å². The van der Waals surface area contributed by atoms with E-state index in [1.807, 2.05) is 11.5 Å². The van der Waals surface area contributed by atoms with E-state index in [0.717, 1.165) is 29.5 Å². The minimum atomic E-state index is -4.43. The Morgan fingerprint density at radius 1 is 1.14 bits per heavy atom. The monoisotopic (exact) mass is 319 g/mol. The Morgan fingerprint density at radius 2 is 1.86 bits per heavy atom. The molecular formula is C15H8F3N3S. The van der Waals surface area contributed by atoms with Gasteiger partial charge in [-0.2, -0.15) is 18.4 Å². The summed E-state index contributed by atoms with van der Waals surface area (Å²) in [6, 6.07) is 11.0. The number of nitriles is 1. The molecule has 3 aromatic rings. The molecule has 0 saturated carbocycles. The van der Waals surface area contributed by atoms with Gasteiger partial charge in [-0.1, -0.05) is 30.3 Å². The van der Waals surface area contributed by atoms with Crippen molar-refractivity contribution in [2.45, 2.75) is 11.2 Å². The van der Waals surface area contributed by atoms with Gasteiger partial charge >= 0.3 is 6.18 Å². The van der Waals surface area contributed by atoms with E-state index in [4.69, 9.17) is 5.26 Å². The number of aromatic nitrogens is 2. The molecule has 2 aromatic heterocycles. The van der Waals surface area contributed by atoms with E-state index < -0.39 is 11.7 Å². The van der Waals surface area contributed by atoms with Crippen molar-refractivity contribution in [1.82, 2.24) is 9.38 Å². The van der Waals surface area contributed by atoms with Crippen LogP contribution in [0.2, 0.25) is 0 Å². The molecule has 22 heavy (non-hydrogen) atoms. The lowest BCUT2D eigenvalue weighted by Crippen LogP contribution is -2.05. The topological polar surface area (TPSA) is 41.1 Å². The smallest absolute Gasteiger partial charge is 0.293 e. The Morgan fingerprint density at radius 3 is 2.50 bits per heavy atom. The van der Waals surface area contributed by atoms with Crippen LogP contribution in [0.3, 0.4) is 0 Å². The molecular weight excluding hydrogens is 311 g/mol. The van der Waals surface area contributed by atoms with Gasteiger partial charge in [0.05, 0.1) is 5.56 Å².